The number of aromatic nitrogens is 7. The Bertz CT molecular complexity index is 1490. The molecular weight excluding hydrogens is 428 g/mol. The van der Waals surface area contributed by atoms with Crippen LogP contribution in [0.1, 0.15) is 31.1 Å². The maximum atomic E-state index is 13.6. The standard InChI is InChI=1S/C22H19ClN8O/c23-15-9-11-30-18(15)22(32)31(14-6-2-1-3-7-14)20(28-30)16-8-4-5-10-29(16)21-17-19(25-12-24-17)26-13-27-21/h1-3,6-7,9,11-13,16H,4-5,8,10H2,(H,24,25,26,27). The van der Waals surface area contributed by atoms with Gasteiger partial charge < -0.3 is 9.88 Å². The molecule has 1 N–H and O–H groups in total. The van der Waals surface area contributed by atoms with Gasteiger partial charge >= 0.3 is 0 Å². The molecule has 0 radical (unpaired) electrons. The summed E-state index contributed by atoms with van der Waals surface area (Å²) in [5, 5.41) is 5.27. The van der Waals surface area contributed by atoms with Gasteiger partial charge in [-0.2, -0.15) is 5.10 Å². The Labute approximate surface area is 187 Å². The van der Waals surface area contributed by atoms with Gasteiger partial charge in [-0.3, -0.25) is 9.36 Å². The number of fused-ring (bicyclic) bond motifs is 2. The summed E-state index contributed by atoms with van der Waals surface area (Å²) in [6.45, 7) is 0.783. The quantitative estimate of drug-likeness (QED) is 0.455. The molecule has 9 nitrogen and oxygen atoms in total. The van der Waals surface area contributed by atoms with Gasteiger partial charge in [-0.15, -0.1) is 0 Å². The molecule has 160 valence electrons. The lowest BCUT2D eigenvalue weighted by Gasteiger charge is -2.37. The number of para-hydroxylation sites is 1. The van der Waals surface area contributed by atoms with E-state index in [0.717, 1.165) is 42.8 Å². The van der Waals surface area contributed by atoms with Crippen molar-refractivity contribution >= 4 is 34.1 Å². The second-order valence-electron chi connectivity index (χ2n) is 7.79. The molecule has 0 saturated carbocycles. The summed E-state index contributed by atoms with van der Waals surface area (Å²) in [6.07, 6.45) is 7.74. The summed E-state index contributed by atoms with van der Waals surface area (Å²) >= 11 is 6.34. The topological polar surface area (TPSA) is 97.0 Å². The predicted molar refractivity (Wildman–Crippen MR) is 121 cm³/mol. The molecule has 1 unspecified atom stereocenters. The van der Waals surface area contributed by atoms with E-state index in [-0.39, 0.29) is 11.6 Å². The van der Waals surface area contributed by atoms with Crippen LogP contribution in [0, 0.1) is 0 Å². The van der Waals surface area contributed by atoms with E-state index in [1.54, 1.807) is 27.7 Å². The van der Waals surface area contributed by atoms with Crippen LogP contribution in [0.2, 0.25) is 5.02 Å². The van der Waals surface area contributed by atoms with E-state index in [9.17, 15) is 4.79 Å². The van der Waals surface area contributed by atoms with Crippen LogP contribution in [0.25, 0.3) is 22.4 Å². The molecule has 1 aromatic carbocycles. The van der Waals surface area contributed by atoms with Crippen molar-refractivity contribution in [2.45, 2.75) is 25.3 Å². The van der Waals surface area contributed by atoms with E-state index in [2.05, 4.69) is 24.8 Å². The fraction of sp³-hybridized carbons (Fsp3) is 0.227. The number of H-pyrrole nitrogens is 1. The molecule has 5 aromatic rings. The Hall–Kier alpha value is -3.72. The molecular formula is C22H19ClN8O. The van der Waals surface area contributed by atoms with Crippen LogP contribution >= 0.6 is 11.6 Å². The average Bonchev–Trinajstić information content (AvgIpc) is 3.46. The Kier molecular flexibility index (Phi) is 4.43. The van der Waals surface area contributed by atoms with Gasteiger partial charge in [0.1, 0.15) is 17.4 Å². The number of aromatic amines is 1. The van der Waals surface area contributed by atoms with E-state index in [4.69, 9.17) is 16.7 Å². The highest BCUT2D eigenvalue weighted by molar-refractivity contribution is 6.33. The van der Waals surface area contributed by atoms with Gasteiger partial charge in [0.05, 0.1) is 23.1 Å². The molecule has 0 amide bonds. The molecule has 4 aromatic heterocycles. The highest BCUT2D eigenvalue weighted by Gasteiger charge is 2.32. The zero-order valence-corrected chi connectivity index (χ0v) is 17.8. The number of hydrogen-bond donors (Lipinski definition) is 1. The van der Waals surface area contributed by atoms with Crippen molar-refractivity contribution < 1.29 is 0 Å². The van der Waals surface area contributed by atoms with E-state index < -0.39 is 0 Å². The second kappa shape index (κ2) is 7.45. The molecule has 32 heavy (non-hydrogen) atoms. The minimum Gasteiger partial charge on any atom is -0.344 e. The summed E-state index contributed by atoms with van der Waals surface area (Å²) in [4.78, 5) is 32.1. The van der Waals surface area contributed by atoms with Gasteiger partial charge in [0.15, 0.2) is 17.3 Å². The van der Waals surface area contributed by atoms with Crippen LogP contribution in [0.15, 0.2) is 60.0 Å². The van der Waals surface area contributed by atoms with Gasteiger partial charge in [-0.05, 0) is 37.5 Å². The third-order valence-corrected chi connectivity index (χ3v) is 6.26. The molecule has 1 atom stereocenters. The van der Waals surface area contributed by atoms with Crippen molar-refractivity contribution in [2.24, 2.45) is 0 Å². The Morgan fingerprint density at radius 3 is 2.81 bits per heavy atom. The number of hydrogen-bond acceptors (Lipinski definition) is 6. The maximum Gasteiger partial charge on any atom is 0.284 e. The SMILES string of the molecule is O=c1c2c(Cl)ccn2nc(C2CCCCN2c2ncnc3nc[nH]c23)n1-c1ccccc1. The molecule has 0 spiro atoms. The van der Waals surface area contributed by atoms with Gasteiger partial charge in [0.25, 0.3) is 5.56 Å². The third kappa shape index (κ3) is 2.89. The highest BCUT2D eigenvalue weighted by Crippen LogP contribution is 2.36. The smallest absolute Gasteiger partial charge is 0.284 e. The number of benzene rings is 1. The molecule has 0 aliphatic carbocycles. The van der Waals surface area contributed by atoms with Crippen LogP contribution in [-0.4, -0.2) is 40.7 Å². The monoisotopic (exact) mass is 446 g/mol. The molecule has 0 bridgehead atoms. The number of imidazole rings is 1. The lowest BCUT2D eigenvalue weighted by molar-refractivity contribution is 0.439. The van der Waals surface area contributed by atoms with E-state index in [1.807, 2.05) is 30.3 Å². The first-order valence-corrected chi connectivity index (χ1v) is 10.9. The van der Waals surface area contributed by atoms with Gasteiger partial charge in [-0.1, -0.05) is 29.8 Å². The molecule has 1 aliphatic heterocycles. The number of nitrogens with zero attached hydrogens (tertiary/aromatic N) is 7. The number of nitrogens with one attached hydrogen (secondary N) is 1. The first kappa shape index (κ1) is 19.0. The van der Waals surface area contributed by atoms with Crippen molar-refractivity contribution in [1.82, 2.24) is 34.1 Å². The second-order valence-corrected chi connectivity index (χ2v) is 8.20. The van der Waals surface area contributed by atoms with Crippen LogP contribution in [0.3, 0.4) is 0 Å². The summed E-state index contributed by atoms with van der Waals surface area (Å²) in [7, 11) is 0. The lowest BCUT2D eigenvalue weighted by atomic mass is 10.0. The fourth-order valence-electron chi connectivity index (χ4n) is 4.51. The van der Waals surface area contributed by atoms with Crippen LogP contribution in [0.4, 0.5) is 5.82 Å². The zero-order chi connectivity index (χ0) is 21.7. The van der Waals surface area contributed by atoms with Crippen molar-refractivity contribution in [2.75, 3.05) is 11.4 Å². The fourth-order valence-corrected chi connectivity index (χ4v) is 4.74. The molecule has 1 aliphatic rings. The summed E-state index contributed by atoms with van der Waals surface area (Å²) < 4.78 is 3.26. The van der Waals surface area contributed by atoms with Crippen LogP contribution in [-0.2, 0) is 0 Å². The van der Waals surface area contributed by atoms with Crippen molar-refractivity contribution in [3.63, 3.8) is 0 Å². The van der Waals surface area contributed by atoms with Gasteiger partial charge in [0, 0.05) is 12.7 Å². The number of halogens is 1. The maximum absolute atomic E-state index is 13.6. The summed E-state index contributed by atoms with van der Waals surface area (Å²) in [5.41, 5.74) is 2.30. The van der Waals surface area contributed by atoms with E-state index >= 15 is 0 Å². The van der Waals surface area contributed by atoms with Crippen molar-refractivity contribution in [3.8, 4) is 5.69 Å². The highest BCUT2D eigenvalue weighted by atomic mass is 35.5. The zero-order valence-electron chi connectivity index (χ0n) is 17.0. The van der Waals surface area contributed by atoms with E-state index in [1.165, 1.54) is 6.33 Å². The Morgan fingerprint density at radius 1 is 1.06 bits per heavy atom. The molecule has 6 rings (SSSR count). The molecule has 1 saturated heterocycles. The predicted octanol–water partition coefficient (Wildman–Crippen LogP) is 3.54. The molecule has 10 heteroatoms. The van der Waals surface area contributed by atoms with E-state index in [0.29, 0.717) is 22.0 Å². The first-order valence-electron chi connectivity index (χ1n) is 10.5. The largest absolute Gasteiger partial charge is 0.344 e. The third-order valence-electron chi connectivity index (χ3n) is 5.95. The van der Waals surface area contributed by atoms with Crippen molar-refractivity contribution in [3.05, 3.63) is 76.5 Å². The number of piperidine rings is 1. The molecule has 5 heterocycles. The lowest BCUT2D eigenvalue weighted by Crippen LogP contribution is -2.39. The molecule has 1 fully saturated rings. The van der Waals surface area contributed by atoms with Gasteiger partial charge in [0.2, 0.25) is 0 Å². The average molecular weight is 447 g/mol. The van der Waals surface area contributed by atoms with Crippen LogP contribution in [0.5, 0.6) is 0 Å². The van der Waals surface area contributed by atoms with Crippen molar-refractivity contribution in [1.29, 1.82) is 0 Å². The summed E-state index contributed by atoms with van der Waals surface area (Å²) in [5.74, 6) is 1.41. The minimum absolute atomic E-state index is 0.163. The Morgan fingerprint density at radius 2 is 1.94 bits per heavy atom. The van der Waals surface area contributed by atoms with Crippen LogP contribution < -0.4 is 10.5 Å². The summed E-state index contributed by atoms with van der Waals surface area (Å²) in [6, 6.07) is 11.1. The number of anilines is 1. The van der Waals surface area contributed by atoms with Gasteiger partial charge in [-0.25, -0.2) is 19.5 Å². The minimum atomic E-state index is -0.198. The Balaban J connectivity index is 1.61. The first-order chi connectivity index (χ1) is 15.7. The normalized spacial score (nSPS) is 16.8. The number of rotatable bonds is 3.